The van der Waals surface area contributed by atoms with E-state index in [0.29, 0.717) is 6.04 Å². The van der Waals surface area contributed by atoms with E-state index in [1.807, 2.05) is 0 Å². The Morgan fingerprint density at radius 3 is 2.89 bits per heavy atom. The first-order valence-corrected chi connectivity index (χ1v) is 8.11. The van der Waals surface area contributed by atoms with Crippen LogP contribution < -0.4 is 5.32 Å². The van der Waals surface area contributed by atoms with Crippen LogP contribution in [0.3, 0.4) is 0 Å². The molecule has 3 heterocycles. The van der Waals surface area contributed by atoms with Gasteiger partial charge < -0.3 is 5.32 Å². The van der Waals surface area contributed by atoms with Gasteiger partial charge in [0.15, 0.2) is 0 Å². The summed E-state index contributed by atoms with van der Waals surface area (Å²) in [6.45, 7) is 3.44. The number of nitrogens with zero attached hydrogens (tertiary/aromatic N) is 1. The summed E-state index contributed by atoms with van der Waals surface area (Å²) in [7, 11) is 0. The van der Waals surface area contributed by atoms with Gasteiger partial charge >= 0.3 is 0 Å². The molecule has 0 spiro atoms. The molecule has 2 aliphatic rings. The largest absolute Gasteiger partial charge is 0.310 e. The topological polar surface area (TPSA) is 15.3 Å². The van der Waals surface area contributed by atoms with E-state index in [2.05, 4.69) is 32.2 Å². The predicted octanol–water partition coefficient (Wildman–Crippen LogP) is 3.91. The summed E-state index contributed by atoms with van der Waals surface area (Å²) in [6, 6.07) is 3.63. The summed E-state index contributed by atoms with van der Waals surface area (Å²) in [5.74, 6) is 0. The highest BCUT2D eigenvalue weighted by Crippen LogP contribution is 2.33. The summed E-state index contributed by atoms with van der Waals surface area (Å²) >= 11 is 11.3. The van der Waals surface area contributed by atoms with E-state index in [4.69, 9.17) is 11.6 Å². The van der Waals surface area contributed by atoms with E-state index < -0.39 is 0 Å². The molecule has 3 rings (SSSR count). The van der Waals surface area contributed by atoms with Gasteiger partial charge in [0.2, 0.25) is 0 Å². The van der Waals surface area contributed by atoms with Crippen molar-refractivity contribution in [3.8, 4) is 0 Å². The van der Waals surface area contributed by atoms with Gasteiger partial charge in [-0.2, -0.15) is 0 Å². The van der Waals surface area contributed by atoms with Crippen LogP contribution >= 0.6 is 51.3 Å². The number of halogens is 3. The fourth-order valence-corrected chi connectivity index (χ4v) is 4.68. The maximum Gasteiger partial charge on any atom is 0.107 e. The van der Waals surface area contributed by atoms with Crippen LogP contribution in [-0.4, -0.2) is 30.1 Å². The first kappa shape index (κ1) is 15.1. The SMILES string of the molecule is Cl.Clc1sc(CN2CCC3CCC(C2)N3)cc1Br. The Kier molecular flexibility index (Phi) is 5.38. The third kappa shape index (κ3) is 3.41. The van der Waals surface area contributed by atoms with E-state index in [9.17, 15) is 0 Å². The maximum absolute atomic E-state index is 6.08. The van der Waals surface area contributed by atoms with Gasteiger partial charge in [-0.3, -0.25) is 4.90 Å². The van der Waals surface area contributed by atoms with Crippen LogP contribution in [0.4, 0.5) is 0 Å². The molecule has 2 nitrogen and oxygen atoms in total. The van der Waals surface area contributed by atoms with Gasteiger partial charge in [-0.1, -0.05) is 11.6 Å². The second kappa shape index (κ2) is 6.42. The van der Waals surface area contributed by atoms with Crippen molar-refractivity contribution in [3.05, 3.63) is 19.8 Å². The quantitative estimate of drug-likeness (QED) is 0.847. The zero-order chi connectivity index (χ0) is 11.8. The average Bonchev–Trinajstić information content (AvgIpc) is 2.76. The number of hydrogen-bond donors (Lipinski definition) is 1. The molecule has 102 valence electrons. The first-order valence-electron chi connectivity index (χ1n) is 6.13. The second-order valence-corrected chi connectivity index (χ2v) is 7.59. The zero-order valence-corrected chi connectivity index (χ0v) is 14.0. The van der Waals surface area contributed by atoms with Crippen LogP contribution in [0.1, 0.15) is 24.1 Å². The minimum atomic E-state index is 0. The molecule has 0 saturated carbocycles. The van der Waals surface area contributed by atoms with Crippen molar-refractivity contribution in [1.82, 2.24) is 10.2 Å². The molecule has 2 fully saturated rings. The Bertz CT molecular complexity index is 393. The number of rotatable bonds is 2. The van der Waals surface area contributed by atoms with E-state index in [1.165, 1.54) is 37.2 Å². The number of nitrogens with one attached hydrogen (secondary N) is 1. The van der Waals surface area contributed by atoms with Crippen LogP contribution in [0.2, 0.25) is 4.34 Å². The third-order valence-electron chi connectivity index (χ3n) is 3.68. The average molecular weight is 372 g/mol. The van der Waals surface area contributed by atoms with Crippen molar-refractivity contribution in [1.29, 1.82) is 0 Å². The highest BCUT2D eigenvalue weighted by Gasteiger charge is 2.29. The van der Waals surface area contributed by atoms with E-state index in [-0.39, 0.29) is 12.4 Å². The number of hydrogen-bond acceptors (Lipinski definition) is 3. The molecule has 2 saturated heterocycles. The van der Waals surface area contributed by atoms with Gasteiger partial charge in [-0.25, -0.2) is 0 Å². The molecule has 6 heteroatoms. The molecule has 0 aliphatic carbocycles. The van der Waals surface area contributed by atoms with Crippen LogP contribution in [0.5, 0.6) is 0 Å². The van der Waals surface area contributed by atoms with Crippen LogP contribution in [0.25, 0.3) is 0 Å². The predicted molar refractivity (Wildman–Crippen MR) is 84.1 cm³/mol. The Hall–Kier alpha value is 0.680. The number of thiophene rings is 1. The van der Waals surface area contributed by atoms with Gasteiger partial charge in [0.1, 0.15) is 4.34 Å². The molecule has 2 bridgehead atoms. The van der Waals surface area contributed by atoms with Crippen molar-refractivity contribution >= 4 is 51.3 Å². The summed E-state index contributed by atoms with van der Waals surface area (Å²) in [6.07, 6.45) is 4.00. The van der Waals surface area contributed by atoms with Gasteiger partial charge in [-0.05, 0) is 41.3 Å². The molecule has 18 heavy (non-hydrogen) atoms. The lowest BCUT2D eigenvalue weighted by Crippen LogP contribution is -2.34. The lowest BCUT2D eigenvalue weighted by atomic mass is 10.1. The minimum absolute atomic E-state index is 0. The smallest absolute Gasteiger partial charge is 0.107 e. The maximum atomic E-state index is 6.08. The molecular formula is C12H17BrCl2N2S. The third-order valence-corrected chi connectivity index (χ3v) is 6.14. The van der Waals surface area contributed by atoms with Crippen molar-refractivity contribution in [3.63, 3.8) is 0 Å². The molecule has 2 aliphatic heterocycles. The van der Waals surface area contributed by atoms with E-state index in [0.717, 1.165) is 21.4 Å². The molecule has 1 N–H and O–H groups in total. The molecule has 0 amide bonds. The molecule has 1 aromatic rings. The van der Waals surface area contributed by atoms with Crippen LogP contribution in [0, 0.1) is 0 Å². The van der Waals surface area contributed by atoms with E-state index >= 15 is 0 Å². The highest BCUT2D eigenvalue weighted by molar-refractivity contribution is 9.10. The lowest BCUT2D eigenvalue weighted by molar-refractivity contribution is 0.253. The normalized spacial score (nSPS) is 27.9. The Morgan fingerprint density at radius 1 is 1.39 bits per heavy atom. The molecule has 1 aromatic heterocycles. The standard InChI is InChI=1S/C12H16BrClN2S.ClH/c13-11-5-10(17-12(11)14)7-16-4-3-8-1-2-9(6-16)15-8;/h5,8-9,15H,1-4,6-7H2;1H. The molecular weight excluding hydrogens is 355 g/mol. The molecule has 0 radical (unpaired) electrons. The molecule has 2 unspecified atom stereocenters. The fourth-order valence-electron chi connectivity index (χ4n) is 2.85. The molecule has 2 atom stereocenters. The van der Waals surface area contributed by atoms with Crippen LogP contribution in [-0.2, 0) is 6.54 Å². The summed E-state index contributed by atoms with van der Waals surface area (Å²) in [4.78, 5) is 3.92. The second-order valence-electron chi connectivity index (χ2n) is 5.00. The Balaban J connectivity index is 0.00000120. The van der Waals surface area contributed by atoms with Gasteiger partial charge in [0, 0.05) is 41.1 Å². The van der Waals surface area contributed by atoms with Crippen molar-refractivity contribution in [2.45, 2.75) is 37.9 Å². The lowest BCUT2D eigenvalue weighted by Gasteiger charge is -2.23. The van der Waals surface area contributed by atoms with Crippen molar-refractivity contribution in [2.75, 3.05) is 13.1 Å². The van der Waals surface area contributed by atoms with Gasteiger partial charge in [-0.15, -0.1) is 23.7 Å². The summed E-state index contributed by atoms with van der Waals surface area (Å²) in [5.41, 5.74) is 0. The Labute approximate surface area is 132 Å². The monoisotopic (exact) mass is 370 g/mol. The molecule has 0 aromatic carbocycles. The number of fused-ring (bicyclic) bond motifs is 2. The number of likely N-dealkylation sites (tertiary alicyclic amines) is 1. The minimum Gasteiger partial charge on any atom is -0.310 e. The van der Waals surface area contributed by atoms with Gasteiger partial charge in [0.25, 0.3) is 0 Å². The summed E-state index contributed by atoms with van der Waals surface area (Å²) < 4.78 is 1.91. The fraction of sp³-hybridized carbons (Fsp3) is 0.667. The first-order chi connectivity index (χ1) is 8.20. The van der Waals surface area contributed by atoms with Crippen molar-refractivity contribution in [2.24, 2.45) is 0 Å². The van der Waals surface area contributed by atoms with E-state index in [1.54, 1.807) is 11.3 Å². The zero-order valence-electron chi connectivity index (χ0n) is 9.99. The van der Waals surface area contributed by atoms with Crippen LogP contribution in [0.15, 0.2) is 10.5 Å². The summed E-state index contributed by atoms with van der Waals surface area (Å²) in [5, 5.41) is 3.71. The van der Waals surface area contributed by atoms with Gasteiger partial charge in [0.05, 0.1) is 0 Å². The van der Waals surface area contributed by atoms with Crippen molar-refractivity contribution < 1.29 is 0 Å². The Morgan fingerprint density at radius 2 is 2.17 bits per heavy atom. The highest BCUT2D eigenvalue weighted by atomic mass is 79.9.